The number of amides is 1. The predicted molar refractivity (Wildman–Crippen MR) is 119 cm³/mol. The Hall–Kier alpha value is -3.10. The molecule has 0 aliphatic rings. The van der Waals surface area contributed by atoms with Gasteiger partial charge in [-0.2, -0.15) is 0 Å². The monoisotopic (exact) mass is 462 g/mol. The maximum Gasteiger partial charge on any atom is 0.264 e. The minimum atomic E-state index is -4.11. The van der Waals surface area contributed by atoms with E-state index < -0.39 is 28.3 Å². The van der Waals surface area contributed by atoms with Crippen LogP contribution in [0.5, 0.6) is 5.75 Å². The molecule has 1 amide bonds. The molecule has 3 aromatic rings. The fourth-order valence-corrected chi connectivity index (χ4v) is 4.35. The molecule has 9 heteroatoms. The lowest BCUT2D eigenvalue weighted by molar-refractivity contribution is -0.114. The van der Waals surface area contributed by atoms with E-state index in [9.17, 15) is 17.6 Å². The number of para-hydroxylation sites is 1. The Morgan fingerprint density at radius 2 is 1.68 bits per heavy atom. The number of benzene rings is 3. The van der Waals surface area contributed by atoms with Crippen molar-refractivity contribution in [2.45, 2.75) is 11.8 Å². The Labute approximate surface area is 185 Å². The fourth-order valence-electron chi connectivity index (χ4n) is 2.81. The average Bonchev–Trinajstić information content (AvgIpc) is 2.75. The highest BCUT2D eigenvalue weighted by atomic mass is 35.5. The number of hydrogen-bond donors (Lipinski definition) is 1. The first-order valence-electron chi connectivity index (χ1n) is 9.37. The van der Waals surface area contributed by atoms with Gasteiger partial charge in [0, 0.05) is 5.02 Å². The molecular formula is C22H20ClFN2O4S. The van der Waals surface area contributed by atoms with Gasteiger partial charge in [-0.05, 0) is 67.6 Å². The van der Waals surface area contributed by atoms with E-state index in [0.29, 0.717) is 17.4 Å². The maximum atomic E-state index is 13.9. The third-order valence-electron chi connectivity index (χ3n) is 4.27. The molecule has 0 saturated heterocycles. The SMILES string of the molecule is CCOc1ccc(N(CC(=O)Nc2ccccc2F)S(=O)(=O)c2ccc(Cl)cc2)cc1. The van der Waals surface area contributed by atoms with Crippen LogP contribution in [0.3, 0.4) is 0 Å². The molecule has 0 aliphatic carbocycles. The Balaban J connectivity index is 1.94. The van der Waals surface area contributed by atoms with Crippen LogP contribution < -0.4 is 14.4 Å². The summed E-state index contributed by atoms with van der Waals surface area (Å²) in [6.45, 7) is 1.72. The number of ether oxygens (including phenoxy) is 1. The summed E-state index contributed by atoms with van der Waals surface area (Å²) in [6.07, 6.45) is 0. The number of hydrogen-bond acceptors (Lipinski definition) is 4. The van der Waals surface area contributed by atoms with Gasteiger partial charge in [-0.25, -0.2) is 12.8 Å². The van der Waals surface area contributed by atoms with Crippen LogP contribution in [-0.4, -0.2) is 27.5 Å². The van der Waals surface area contributed by atoms with Crippen molar-refractivity contribution in [3.63, 3.8) is 0 Å². The first-order chi connectivity index (χ1) is 14.8. The second-order valence-corrected chi connectivity index (χ2v) is 8.72. The minimum absolute atomic E-state index is 0.0375. The van der Waals surface area contributed by atoms with Gasteiger partial charge in [0.1, 0.15) is 18.1 Å². The molecular weight excluding hydrogens is 443 g/mol. The van der Waals surface area contributed by atoms with E-state index in [-0.39, 0.29) is 16.3 Å². The van der Waals surface area contributed by atoms with Gasteiger partial charge in [-0.1, -0.05) is 23.7 Å². The fraction of sp³-hybridized carbons (Fsp3) is 0.136. The summed E-state index contributed by atoms with van der Waals surface area (Å²) >= 11 is 5.87. The van der Waals surface area contributed by atoms with Crippen molar-refractivity contribution >= 4 is 38.9 Å². The van der Waals surface area contributed by atoms with E-state index in [1.54, 1.807) is 18.2 Å². The number of nitrogens with one attached hydrogen (secondary N) is 1. The second-order valence-electron chi connectivity index (χ2n) is 6.42. The van der Waals surface area contributed by atoms with E-state index in [0.717, 1.165) is 4.31 Å². The van der Waals surface area contributed by atoms with E-state index in [1.165, 1.54) is 54.6 Å². The molecule has 0 unspecified atom stereocenters. The maximum absolute atomic E-state index is 13.9. The summed E-state index contributed by atoms with van der Waals surface area (Å²) < 4.78 is 46.8. The molecule has 0 aliphatic heterocycles. The molecule has 31 heavy (non-hydrogen) atoms. The van der Waals surface area contributed by atoms with Crippen LogP contribution in [-0.2, 0) is 14.8 Å². The van der Waals surface area contributed by atoms with Gasteiger partial charge in [0.2, 0.25) is 5.91 Å². The van der Waals surface area contributed by atoms with Crippen molar-refractivity contribution in [2.24, 2.45) is 0 Å². The van der Waals surface area contributed by atoms with Gasteiger partial charge >= 0.3 is 0 Å². The molecule has 0 atom stereocenters. The van der Waals surface area contributed by atoms with E-state index in [1.807, 2.05) is 6.92 Å². The minimum Gasteiger partial charge on any atom is -0.494 e. The number of carbonyl (C=O) groups is 1. The Morgan fingerprint density at radius 1 is 1.03 bits per heavy atom. The number of rotatable bonds is 8. The van der Waals surface area contributed by atoms with Crippen LogP contribution in [0.2, 0.25) is 5.02 Å². The normalized spacial score (nSPS) is 11.1. The lowest BCUT2D eigenvalue weighted by atomic mass is 10.3. The molecule has 0 heterocycles. The van der Waals surface area contributed by atoms with Crippen LogP contribution in [0.15, 0.2) is 77.7 Å². The highest BCUT2D eigenvalue weighted by Crippen LogP contribution is 2.27. The standard InChI is InChI=1S/C22H20ClFN2O4S/c1-2-30-18-11-9-17(10-12-18)26(31(28,29)19-13-7-16(23)8-14-19)15-22(27)25-21-6-4-3-5-20(21)24/h3-14H,2,15H2,1H3,(H,25,27). The van der Waals surface area contributed by atoms with Crippen LogP contribution in [0, 0.1) is 5.82 Å². The molecule has 0 spiro atoms. The van der Waals surface area contributed by atoms with Gasteiger partial charge in [0.15, 0.2) is 0 Å². The van der Waals surface area contributed by atoms with E-state index >= 15 is 0 Å². The number of carbonyl (C=O) groups excluding carboxylic acids is 1. The first kappa shape index (κ1) is 22.6. The zero-order valence-corrected chi connectivity index (χ0v) is 18.2. The van der Waals surface area contributed by atoms with Gasteiger partial charge in [-0.3, -0.25) is 9.10 Å². The number of sulfonamides is 1. The summed E-state index contributed by atoms with van der Waals surface area (Å²) in [6, 6.07) is 17.5. The van der Waals surface area contributed by atoms with Crippen molar-refractivity contribution in [3.05, 3.63) is 83.6 Å². The van der Waals surface area contributed by atoms with Gasteiger partial charge < -0.3 is 10.1 Å². The van der Waals surface area contributed by atoms with Gasteiger partial charge in [0.05, 0.1) is 22.9 Å². The summed E-state index contributed by atoms with van der Waals surface area (Å²) in [5, 5.41) is 2.79. The second kappa shape index (κ2) is 9.80. The first-order valence-corrected chi connectivity index (χ1v) is 11.2. The Bertz CT molecular complexity index is 1150. The van der Waals surface area contributed by atoms with Gasteiger partial charge in [0.25, 0.3) is 10.0 Å². The molecule has 0 bridgehead atoms. The third kappa shape index (κ3) is 5.53. The largest absolute Gasteiger partial charge is 0.494 e. The molecule has 0 fully saturated rings. The zero-order valence-electron chi connectivity index (χ0n) is 16.6. The predicted octanol–water partition coefficient (Wildman–Crippen LogP) is 4.71. The van der Waals surface area contributed by atoms with Crippen molar-refractivity contribution in [3.8, 4) is 5.75 Å². The summed E-state index contributed by atoms with van der Waals surface area (Å²) in [4.78, 5) is 12.6. The molecule has 1 N–H and O–H groups in total. The molecule has 3 aromatic carbocycles. The molecule has 0 radical (unpaired) electrons. The highest BCUT2D eigenvalue weighted by Gasteiger charge is 2.27. The molecule has 0 saturated carbocycles. The Kier molecular flexibility index (Phi) is 7.14. The summed E-state index contributed by atoms with van der Waals surface area (Å²) in [5.74, 6) is -0.758. The molecule has 0 aromatic heterocycles. The lowest BCUT2D eigenvalue weighted by Crippen LogP contribution is -2.38. The third-order valence-corrected chi connectivity index (χ3v) is 6.31. The molecule has 3 rings (SSSR count). The summed E-state index contributed by atoms with van der Waals surface area (Å²) in [5.41, 5.74) is 0.213. The Morgan fingerprint density at radius 3 is 2.29 bits per heavy atom. The molecule has 6 nitrogen and oxygen atoms in total. The number of nitrogens with zero attached hydrogens (tertiary/aromatic N) is 1. The highest BCUT2D eigenvalue weighted by molar-refractivity contribution is 7.92. The quantitative estimate of drug-likeness (QED) is 0.526. The van der Waals surface area contributed by atoms with Crippen molar-refractivity contribution in [1.29, 1.82) is 0 Å². The van der Waals surface area contributed by atoms with E-state index in [4.69, 9.17) is 16.3 Å². The van der Waals surface area contributed by atoms with Crippen LogP contribution >= 0.6 is 11.6 Å². The number of anilines is 2. The van der Waals surface area contributed by atoms with Crippen molar-refractivity contribution < 1.29 is 22.3 Å². The van der Waals surface area contributed by atoms with Gasteiger partial charge in [-0.15, -0.1) is 0 Å². The van der Waals surface area contributed by atoms with Crippen LogP contribution in [0.4, 0.5) is 15.8 Å². The van der Waals surface area contributed by atoms with E-state index in [2.05, 4.69) is 5.32 Å². The van der Waals surface area contributed by atoms with Crippen molar-refractivity contribution in [2.75, 3.05) is 22.8 Å². The topological polar surface area (TPSA) is 75.7 Å². The number of halogens is 2. The zero-order chi connectivity index (χ0) is 22.4. The summed E-state index contributed by atoms with van der Waals surface area (Å²) in [7, 11) is -4.11. The average molecular weight is 463 g/mol. The smallest absolute Gasteiger partial charge is 0.264 e. The molecule has 162 valence electrons. The van der Waals surface area contributed by atoms with Crippen LogP contribution in [0.1, 0.15) is 6.92 Å². The van der Waals surface area contributed by atoms with Crippen molar-refractivity contribution in [1.82, 2.24) is 0 Å². The van der Waals surface area contributed by atoms with Crippen LogP contribution in [0.25, 0.3) is 0 Å². The lowest BCUT2D eigenvalue weighted by Gasteiger charge is -2.24.